The average molecular weight is 725 g/mol. The fourth-order valence-corrected chi connectivity index (χ4v) is 9.22. The van der Waals surface area contributed by atoms with Gasteiger partial charge in [-0.15, -0.1) is 0 Å². The zero-order chi connectivity index (χ0) is 37.1. The number of hydrogen-bond donors (Lipinski definition) is 0. The minimum Gasteiger partial charge on any atom is -0.496 e. The van der Waals surface area contributed by atoms with Crippen molar-refractivity contribution in [2.75, 3.05) is 77.0 Å². The maximum Gasteiger partial charge on any atom is 0.208 e. The highest BCUT2D eigenvalue weighted by Crippen LogP contribution is 2.59. The Morgan fingerprint density at radius 2 is 1.11 bits per heavy atom. The minimum absolute atomic E-state index is 0.0923. The topological polar surface area (TPSA) is 89.6 Å². The molecule has 11 heteroatoms. The van der Waals surface area contributed by atoms with E-state index in [4.69, 9.17) is 42.6 Å². The normalized spacial score (nSPS) is 18.4. The molecule has 4 aliphatic rings. The molecule has 3 heterocycles. The van der Waals surface area contributed by atoms with Crippen LogP contribution in [-0.4, -0.2) is 86.8 Å². The van der Waals surface area contributed by atoms with E-state index < -0.39 is 0 Å². The standard InChI is InChI=1S/C42H48N2O9/c1-43-14-12-23-17-34(48-5)40(50-7)37-35(23)29(43)19-26-30(10-11-31(45-2)36(26)37)53-39-27-21-44-15-13-22-16-32(46-3)33(47-4)20-24(22)28(44)18-25(27)38(49-6)41(51-8)42(39)52-9/h10-11,16-17,20,28-29H,12-15,18-19,21H2,1-9H3/t28?,29-/m0/s1. The van der Waals surface area contributed by atoms with Crippen LogP contribution < -0.4 is 42.6 Å². The van der Waals surface area contributed by atoms with Gasteiger partial charge in [0.2, 0.25) is 11.5 Å². The first kappa shape index (κ1) is 35.1. The first-order valence-corrected chi connectivity index (χ1v) is 18.0. The summed E-state index contributed by atoms with van der Waals surface area (Å²) in [6.07, 6.45) is 3.21. The molecule has 8 rings (SSSR count). The summed E-state index contributed by atoms with van der Waals surface area (Å²) in [4.78, 5) is 4.92. The molecule has 0 fully saturated rings. The molecule has 0 saturated heterocycles. The van der Waals surface area contributed by atoms with Crippen LogP contribution in [-0.2, 0) is 32.2 Å². The van der Waals surface area contributed by atoms with E-state index in [1.54, 1.807) is 56.9 Å². The Kier molecular flexibility index (Phi) is 9.10. The Labute approximate surface area is 311 Å². The number of rotatable bonds is 10. The van der Waals surface area contributed by atoms with Crippen LogP contribution in [0.25, 0.3) is 11.1 Å². The van der Waals surface area contributed by atoms with Crippen LogP contribution in [0.15, 0.2) is 30.3 Å². The van der Waals surface area contributed by atoms with Gasteiger partial charge in [0, 0.05) is 59.5 Å². The highest BCUT2D eigenvalue weighted by molar-refractivity contribution is 5.88. The van der Waals surface area contributed by atoms with Gasteiger partial charge >= 0.3 is 0 Å². The maximum absolute atomic E-state index is 7.21. The van der Waals surface area contributed by atoms with Crippen molar-refractivity contribution in [1.29, 1.82) is 0 Å². The summed E-state index contributed by atoms with van der Waals surface area (Å²) in [5.41, 5.74) is 10.0. The molecule has 4 aromatic carbocycles. The van der Waals surface area contributed by atoms with Crippen LogP contribution >= 0.6 is 0 Å². The van der Waals surface area contributed by atoms with Gasteiger partial charge < -0.3 is 42.6 Å². The van der Waals surface area contributed by atoms with Gasteiger partial charge in [-0.25, -0.2) is 0 Å². The summed E-state index contributed by atoms with van der Waals surface area (Å²) in [6.45, 7) is 2.42. The van der Waals surface area contributed by atoms with Gasteiger partial charge in [-0.1, -0.05) is 0 Å². The monoisotopic (exact) mass is 724 g/mol. The molecule has 0 spiro atoms. The van der Waals surface area contributed by atoms with Gasteiger partial charge in [0.05, 0.1) is 56.9 Å². The largest absolute Gasteiger partial charge is 0.496 e. The van der Waals surface area contributed by atoms with Crippen molar-refractivity contribution in [1.82, 2.24) is 9.80 Å². The van der Waals surface area contributed by atoms with Gasteiger partial charge in [-0.2, -0.15) is 0 Å². The van der Waals surface area contributed by atoms with Crippen molar-refractivity contribution < 1.29 is 42.6 Å². The zero-order valence-corrected chi connectivity index (χ0v) is 32.1. The molecular formula is C42H48N2O9. The van der Waals surface area contributed by atoms with Gasteiger partial charge in [0.1, 0.15) is 11.5 Å². The van der Waals surface area contributed by atoms with Gasteiger partial charge in [-0.3, -0.25) is 9.80 Å². The zero-order valence-electron chi connectivity index (χ0n) is 32.1. The molecule has 0 radical (unpaired) electrons. The fraction of sp³-hybridized carbons (Fsp3) is 0.429. The molecule has 0 saturated carbocycles. The van der Waals surface area contributed by atoms with Crippen LogP contribution in [0.3, 0.4) is 0 Å². The van der Waals surface area contributed by atoms with E-state index in [2.05, 4.69) is 35.0 Å². The Morgan fingerprint density at radius 1 is 0.509 bits per heavy atom. The molecule has 280 valence electrons. The predicted octanol–water partition coefficient (Wildman–Crippen LogP) is 6.96. The van der Waals surface area contributed by atoms with Gasteiger partial charge in [-0.05, 0) is 85.3 Å². The predicted molar refractivity (Wildman–Crippen MR) is 201 cm³/mol. The number of ether oxygens (including phenoxy) is 9. The molecule has 0 aromatic heterocycles. The quantitative estimate of drug-likeness (QED) is 0.170. The number of nitrogens with zero attached hydrogens (tertiary/aromatic N) is 2. The lowest BCUT2D eigenvalue weighted by Crippen LogP contribution is -2.39. The Bertz CT molecular complexity index is 2100. The van der Waals surface area contributed by atoms with Crippen LogP contribution in [0.1, 0.15) is 51.0 Å². The summed E-state index contributed by atoms with van der Waals surface area (Å²) < 4.78 is 55.0. The lowest BCUT2D eigenvalue weighted by Gasteiger charge is -2.43. The number of likely N-dealkylation sites (N-methyl/N-ethyl adjacent to an activating group) is 1. The summed E-state index contributed by atoms with van der Waals surface area (Å²) >= 11 is 0. The van der Waals surface area contributed by atoms with E-state index in [1.807, 2.05) is 12.1 Å². The Balaban J connectivity index is 1.32. The van der Waals surface area contributed by atoms with Crippen molar-refractivity contribution in [3.63, 3.8) is 0 Å². The molecule has 3 aliphatic heterocycles. The highest BCUT2D eigenvalue weighted by atomic mass is 16.6. The lowest BCUT2D eigenvalue weighted by molar-refractivity contribution is 0.155. The number of fused-ring (bicyclic) bond motifs is 6. The third kappa shape index (κ3) is 5.30. The third-order valence-electron chi connectivity index (χ3n) is 11.7. The van der Waals surface area contributed by atoms with Gasteiger partial charge in [0.15, 0.2) is 34.5 Å². The van der Waals surface area contributed by atoms with E-state index in [-0.39, 0.29) is 12.1 Å². The van der Waals surface area contributed by atoms with Crippen molar-refractivity contribution in [3.05, 3.63) is 69.3 Å². The second-order valence-corrected chi connectivity index (χ2v) is 14.0. The van der Waals surface area contributed by atoms with E-state index in [0.717, 1.165) is 77.4 Å². The number of hydrogen-bond acceptors (Lipinski definition) is 11. The first-order chi connectivity index (χ1) is 25.8. The van der Waals surface area contributed by atoms with E-state index in [9.17, 15) is 0 Å². The summed E-state index contributed by atoms with van der Waals surface area (Å²) in [7, 11) is 15.6. The number of benzene rings is 4. The smallest absolute Gasteiger partial charge is 0.208 e. The van der Waals surface area contributed by atoms with E-state index >= 15 is 0 Å². The Morgan fingerprint density at radius 3 is 1.79 bits per heavy atom. The molecule has 4 aromatic rings. The molecule has 0 N–H and O–H groups in total. The Hall–Kier alpha value is -5.00. The average Bonchev–Trinajstić information content (AvgIpc) is 3.20. The van der Waals surface area contributed by atoms with Crippen LogP contribution in [0.2, 0.25) is 0 Å². The maximum atomic E-state index is 7.21. The van der Waals surface area contributed by atoms with Crippen LogP contribution in [0, 0.1) is 0 Å². The number of methoxy groups -OCH3 is 8. The van der Waals surface area contributed by atoms with E-state index in [0.29, 0.717) is 53.2 Å². The molecule has 11 nitrogen and oxygen atoms in total. The van der Waals surface area contributed by atoms with Crippen LogP contribution in [0.5, 0.6) is 57.5 Å². The van der Waals surface area contributed by atoms with Crippen LogP contribution in [0.4, 0.5) is 0 Å². The molecule has 1 aliphatic carbocycles. The SMILES string of the molecule is COc1cc2c(cc1OC)C1Cc3c(c(Oc4ccc(OC)c5c4C[C@H]4c6c(cc(OC)c(OC)c6-5)CCN4C)c(OC)c(OC)c3OC)CN1CC2. The molecule has 1 unspecified atom stereocenters. The second kappa shape index (κ2) is 13.8. The summed E-state index contributed by atoms with van der Waals surface area (Å²) in [5, 5.41) is 0. The third-order valence-corrected chi connectivity index (χ3v) is 11.7. The van der Waals surface area contributed by atoms with Gasteiger partial charge in [0.25, 0.3) is 0 Å². The highest BCUT2D eigenvalue weighted by Gasteiger charge is 2.42. The van der Waals surface area contributed by atoms with Crippen molar-refractivity contribution in [2.24, 2.45) is 0 Å². The van der Waals surface area contributed by atoms with Crippen molar-refractivity contribution in [2.45, 2.75) is 44.3 Å². The van der Waals surface area contributed by atoms with Crippen molar-refractivity contribution >= 4 is 0 Å². The molecule has 53 heavy (non-hydrogen) atoms. The lowest BCUT2D eigenvalue weighted by atomic mass is 9.76. The minimum atomic E-state index is 0.0923. The molecule has 0 bridgehead atoms. The second-order valence-electron chi connectivity index (χ2n) is 14.0. The first-order valence-electron chi connectivity index (χ1n) is 18.0. The molecule has 0 amide bonds. The summed E-state index contributed by atoms with van der Waals surface area (Å²) in [6, 6.07) is 10.6. The van der Waals surface area contributed by atoms with Crippen molar-refractivity contribution in [3.8, 4) is 68.6 Å². The summed E-state index contributed by atoms with van der Waals surface area (Å²) in [5.74, 6) is 6.57. The molecular weight excluding hydrogens is 676 g/mol. The molecule has 2 atom stereocenters. The fourth-order valence-electron chi connectivity index (χ4n) is 9.22. The van der Waals surface area contributed by atoms with E-state index in [1.165, 1.54) is 22.3 Å².